The van der Waals surface area contributed by atoms with Gasteiger partial charge in [0.2, 0.25) is 11.8 Å². The number of alkyl carbamates (subject to hydrolysis) is 1. The van der Waals surface area contributed by atoms with Gasteiger partial charge in [-0.05, 0) is 108 Å². The maximum absolute atomic E-state index is 12.7. The van der Waals surface area contributed by atoms with Gasteiger partial charge in [0.05, 0.1) is 77.8 Å². The van der Waals surface area contributed by atoms with E-state index in [1.54, 1.807) is 20.8 Å². The number of rotatable bonds is 55. The van der Waals surface area contributed by atoms with Gasteiger partial charge in [-0.25, -0.2) is 4.79 Å². The van der Waals surface area contributed by atoms with Gasteiger partial charge in [-0.3, -0.25) is 24.0 Å². The number of carbonyl (C=O) groups excluding carboxylic acids is 6. The molecule has 27 heteroatoms. The van der Waals surface area contributed by atoms with Gasteiger partial charge in [0.1, 0.15) is 42.4 Å². The molecule has 3 aliphatic heterocycles. The molecule has 3 fully saturated rings. The van der Waals surface area contributed by atoms with Crippen molar-refractivity contribution in [3.8, 4) is 0 Å². The zero-order chi connectivity index (χ0) is 70.5. The molecule has 0 aromatic rings. The summed E-state index contributed by atoms with van der Waals surface area (Å²) in [5, 5.41) is 97.6. The number of aliphatic hydroxyl groups is 9. The molecule has 3 amide bonds. The van der Waals surface area contributed by atoms with Crippen LogP contribution in [0.1, 0.15) is 227 Å². The molecule has 16 atom stereocenters. The van der Waals surface area contributed by atoms with E-state index in [1.165, 1.54) is 0 Å². The average molecular weight is 1380 g/mol. The Morgan fingerprint density at radius 1 is 0.354 bits per heavy atom. The maximum Gasteiger partial charge on any atom is 0.407 e. The first-order valence-corrected chi connectivity index (χ1v) is 36.1. The molecule has 3 aliphatic rings. The third-order valence-electron chi connectivity index (χ3n) is 18.6. The summed E-state index contributed by atoms with van der Waals surface area (Å²) in [6.45, 7) is 9.05. The fourth-order valence-corrected chi connectivity index (χ4v) is 12.1. The van der Waals surface area contributed by atoms with Gasteiger partial charge in [-0.2, -0.15) is 0 Å². The molecule has 96 heavy (non-hydrogen) atoms. The van der Waals surface area contributed by atoms with Crippen molar-refractivity contribution in [2.24, 2.45) is 23.2 Å². The zero-order valence-electron chi connectivity index (χ0n) is 58.2. The minimum Gasteiger partial charge on any atom is -0.466 e. The molecule has 0 bridgehead atoms. The Labute approximate surface area is 569 Å². The maximum atomic E-state index is 12.7. The SMILES string of the molecule is CC1C(OCCCC(=O)CCCCCCCNC(=O)OCCCC(C)(CCCCOC(=O)CCCCCCCNC(=O)CCCOC2OC(CO)C(O)C(O)C2C)CCCOC(=O)CCCCCCCNC(=O)CCCOC2OC(CO)C(O)C(O)C2C)OC(CO)C(O)C1O. The van der Waals surface area contributed by atoms with E-state index >= 15 is 0 Å². The van der Waals surface area contributed by atoms with Crippen LogP contribution in [-0.2, 0) is 66.6 Å². The second-order valence-electron chi connectivity index (χ2n) is 26.9. The highest BCUT2D eigenvalue weighted by molar-refractivity contribution is 5.78. The Balaban J connectivity index is 1.26. The standard InChI is InChI=1S/C69H125N3O24/c1-48-59(81)62(84)52(45-73)94-65(48)90-40-22-28-51(76)27-14-8-5-13-20-38-72-68(87)93-44-26-35-69(4,34-25-43-89-58(80)32-16-10-7-12-19-37-71-56(78)30-24-42-92-67-50(3)61(83)64(86)54(47-75)96-67)33-17-21-39-88-57(79)31-15-9-6-11-18-36-70-55(77)29-23-41-91-66-49(2)60(82)63(85)53(46-74)95-66/h48-50,52-54,59-67,73-75,81-86H,5-47H2,1-4H3,(H,70,77)(H,71,78)(H,72,87). The summed E-state index contributed by atoms with van der Waals surface area (Å²) in [6.07, 6.45) is 8.80. The quantitative estimate of drug-likeness (QED) is 0.0217. The van der Waals surface area contributed by atoms with Crippen LogP contribution in [0.25, 0.3) is 0 Å². The molecular weight excluding hydrogens is 1250 g/mol. The van der Waals surface area contributed by atoms with Crippen LogP contribution in [0, 0.1) is 23.2 Å². The number of nitrogens with one attached hydrogen (secondary N) is 3. The largest absolute Gasteiger partial charge is 0.466 e. The van der Waals surface area contributed by atoms with Crippen molar-refractivity contribution in [1.29, 1.82) is 0 Å². The molecule has 0 aliphatic carbocycles. The number of ketones is 1. The molecule has 27 nitrogen and oxygen atoms in total. The van der Waals surface area contributed by atoms with E-state index in [0.717, 1.165) is 109 Å². The molecule has 16 unspecified atom stereocenters. The zero-order valence-corrected chi connectivity index (χ0v) is 58.2. The van der Waals surface area contributed by atoms with Crippen LogP contribution < -0.4 is 16.0 Å². The second kappa shape index (κ2) is 51.4. The lowest BCUT2D eigenvalue weighted by Gasteiger charge is -2.40. The fraction of sp³-hybridized carbons (Fsp3) is 0.913. The molecule has 0 aromatic heterocycles. The molecular formula is C69H125N3O24. The number of hydrogen-bond donors (Lipinski definition) is 12. The number of Topliss-reactive ketones (excluding diaryl/α,β-unsaturated/α-hetero) is 1. The Hall–Kier alpha value is -3.78. The van der Waals surface area contributed by atoms with Crippen LogP contribution in [0.2, 0.25) is 0 Å². The Morgan fingerprint density at radius 2 is 0.677 bits per heavy atom. The van der Waals surface area contributed by atoms with E-state index in [0.29, 0.717) is 110 Å². The van der Waals surface area contributed by atoms with Crippen molar-refractivity contribution < 1.29 is 117 Å². The van der Waals surface area contributed by atoms with Gasteiger partial charge < -0.3 is 105 Å². The highest BCUT2D eigenvalue weighted by atomic mass is 16.7. The number of unbranched alkanes of at least 4 members (excludes halogenated alkanes) is 13. The Morgan fingerprint density at radius 3 is 1.08 bits per heavy atom. The third kappa shape index (κ3) is 36.0. The van der Waals surface area contributed by atoms with Crippen molar-refractivity contribution in [2.45, 2.75) is 301 Å². The van der Waals surface area contributed by atoms with Crippen LogP contribution in [0.3, 0.4) is 0 Å². The first-order chi connectivity index (χ1) is 46.1. The molecule has 3 saturated heterocycles. The van der Waals surface area contributed by atoms with Crippen LogP contribution in [0.4, 0.5) is 4.79 Å². The lowest BCUT2D eigenvalue weighted by atomic mass is 9.77. The predicted molar refractivity (Wildman–Crippen MR) is 352 cm³/mol. The summed E-state index contributed by atoms with van der Waals surface area (Å²) in [4.78, 5) is 74.9. The van der Waals surface area contributed by atoms with Gasteiger partial charge in [-0.1, -0.05) is 85.5 Å². The van der Waals surface area contributed by atoms with Gasteiger partial charge in [0.25, 0.3) is 0 Å². The molecule has 0 radical (unpaired) electrons. The average Bonchev–Trinajstić information content (AvgIpc) is 0.847. The van der Waals surface area contributed by atoms with Gasteiger partial charge in [0.15, 0.2) is 18.9 Å². The minimum atomic E-state index is -1.20. The van der Waals surface area contributed by atoms with Gasteiger partial charge in [0, 0.05) is 75.9 Å². The topological polar surface area (TPSA) is 404 Å². The normalized spacial score (nSPS) is 26.5. The predicted octanol–water partition coefficient (Wildman–Crippen LogP) is 4.98. The van der Waals surface area contributed by atoms with Crippen molar-refractivity contribution in [3.05, 3.63) is 0 Å². The fourth-order valence-electron chi connectivity index (χ4n) is 12.1. The van der Waals surface area contributed by atoms with Crippen molar-refractivity contribution >= 4 is 35.6 Å². The van der Waals surface area contributed by atoms with E-state index in [9.17, 15) is 74.7 Å². The number of amides is 3. The van der Waals surface area contributed by atoms with Crippen molar-refractivity contribution in [3.63, 3.8) is 0 Å². The van der Waals surface area contributed by atoms with Crippen LogP contribution in [0.15, 0.2) is 0 Å². The van der Waals surface area contributed by atoms with E-state index in [4.69, 9.17) is 42.6 Å². The van der Waals surface area contributed by atoms with Crippen molar-refractivity contribution in [2.75, 3.05) is 79.1 Å². The summed E-state index contributed by atoms with van der Waals surface area (Å²) in [7, 11) is 0. The second-order valence-corrected chi connectivity index (χ2v) is 26.9. The monoisotopic (exact) mass is 1380 g/mol. The number of carbonyl (C=O) groups is 6. The van der Waals surface area contributed by atoms with E-state index < -0.39 is 117 Å². The summed E-state index contributed by atoms with van der Waals surface area (Å²) in [6, 6.07) is 0. The molecule has 0 spiro atoms. The number of aliphatic hydroxyl groups excluding tert-OH is 9. The van der Waals surface area contributed by atoms with Gasteiger partial charge >= 0.3 is 18.0 Å². The lowest BCUT2D eigenvalue weighted by molar-refractivity contribution is -0.282. The van der Waals surface area contributed by atoms with Crippen LogP contribution in [0.5, 0.6) is 0 Å². The first kappa shape index (κ1) is 86.4. The summed E-state index contributed by atoms with van der Waals surface area (Å²) in [5.74, 6) is -1.99. The minimum absolute atomic E-state index is 0.0930. The summed E-state index contributed by atoms with van der Waals surface area (Å²) in [5.41, 5.74) is -0.147. The summed E-state index contributed by atoms with van der Waals surface area (Å²) < 4.78 is 50.5. The molecule has 3 heterocycles. The summed E-state index contributed by atoms with van der Waals surface area (Å²) >= 11 is 0. The van der Waals surface area contributed by atoms with E-state index in [2.05, 4.69) is 22.9 Å². The van der Waals surface area contributed by atoms with Crippen LogP contribution in [-0.4, -0.2) is 234 Å². The Kier molecular flexibility index (Phi) is 46.3. The van der Waals surface area contributed by atoms with E-state index in [1.807, 2.05) is 0 Å². The van der Waals surface area contributed by atoms with Crippen LogP contribution >= 0.6 is 0 Å². The molecule has 3 rings (SSSR count). The van der Waals surface area contributed by atoms with Gasteiger partial charge in [-0.15, -0.1) is 0 Å². The number of hydrogen-bond acceptors (Lipinski definition) is 24. The number of ether oxygens (including phenoxy) is 9. The van der Waals surface area contributed by atoms with E-state index in [-0.39, 0.29) is 74.2 Å². The molecule has 12 N–H and O–H groups in total. The van der Waals surface area contributed by atoms with Crippen molar-refractivity contribution in [1.82, 2.24) is 16.0 Å². The first-order valence-electron chi connectivity index (χ1n) is 36.1. The number of esters is 2. The molecule has 0 saturated carbocycles. The third-order valence-corrected chi connectivity index (χ3v) is 18.6. The highest BCUT2D eigenvalue weighted by Crippen LogP contribution is 2.36. The highest BCUT2D eigenvalue weighted by Gasteiger charge is 2.45. The molecule has 0 aromatic carbocycles. The lowest BCUT2D eigenvalue weighted by Crippen LogP contribution is -2.55. The Bertz CT molecular complexity index is 2000. The molecule has 560 valence electrons. The smallest absolute Gasteiger partial charge is 0.407 e.